The van der Waals surface area contributed by atoms with Crippen LogP contribution in [-0.4, -0.2) is 7.11 Å². The third-order valence-electron chi connectivity index (χ3n) is 6.20. The average molecular weight is 852 g/mol. The zero-order valence-electron chi connectivity index (χ0n) is 25.4. The Balaban J connectivity index is 0.000000260. The first-order valence-electron chi connectivity index (χ1n) is 14.1. The summed E-state index contributed by atoms with van der Waals surface area (Å²) in [5.41, 5.74) is 4.02. The van der Waals surface area contributed by atoms with E-state index < -0.39 is 0 Å². The van der Waals surface area contributed by atoms with E-state index in [1.165, 1.54) is 16.7 Å². The van der Waals surface area contributed by atoms with E-state index in [2.05, 4.69) is 67.6 Å². The first kappa shape index (κ1) is 37.5. The summed E-state index contributed by atoms with van der Waals surface area (Å²) in [6.07, 6.45) is 2.11. The Morgan fingerprint density at radius 1 is 0.422 bits per heavy atom. The molecular formula is C40H34O3UV. The maximum Gasteiger partial charge on any atom is 2.00 e. The van der Waals surface area contributed by atoms with E-state index in [-0.39, 0.29) is 49.7 Å². The fourth-order valence-corrected chi connectivity index (χ4v) is 3.87. The molecule has 45 heavy (non-hydrogen) atoms. The molecule has 6 rings (SSSR count). The Hall–Kier alpha value is -3.64. The molecule has 5 heteroatoms. The molecule has 0 spiro atoms. The van der Waals surface area contributed by atoms with Gasteiger partial charge in [0.2, 0.25) is 0 Å². The van der Waals surface area contributed by atoms with Gasteiger partial charge in [0.15, 0.2) is 0 Å². The van der Waals surface area contributed by atoms with Crippen molar-refractivity contribution >= 4 is 0 Å². The van der Waals surface area contributed by atoms with Gasteiger partial charge in [-0.15, -0.1) is 48.5 Å². The third-order valence-corrected chi connectivity index (χ3v) is 6.20. The van der Waals surface area contributed by atoms with Gasteiger partial charge >= 0.3 is 49.7 Å². The summed E-state index contributed by atoms with van der Waals surface area (Å²) in [4.78, 5) is 0. The first-order chi connectivity index (χ1) is 21.2. The van der Waals surface area contributed by atoms with Gasteiger partial charge in [-0.1, -0.05) is 42.0 Å². The van der Waals surface area contributed by atoms with Crippen molar-refractivity contribution in [1.29, 1.82) is 0 Å². The number of rotatable bonds is 8. The van der Waals surface area contributed by atoms with Gasteiger partial charge in [-0.3, -0.25) is 0 Å². The molecule has 0 saturated heterocycles. The normalized spacial score (nSPS) is 9.38. The van der Waals surface area contributed by atoms with Crippen LogP contribution in [0.5, 0.6) is 28.7 Å². The molecule has 0 N–H and O–H groups in total. The van der Waals surface area contributed by atoms with Gasteiger partial charge in [0.25, 0.3) is 0 Å². The van der Waals surface area contributed by atoms with E-state index in [0.717, 1.165) is 41.6 Å². The van der Waals surface area contributed by atoms with Gasteiger partial charge in [-0.25, -0.2) is 0 Å². The molecule has 0 atom stereocenters. The second kappa shape index (κ2) is 22.0. The summed E-state index contributed by atoms with van der Waals surface area (Å²) in [5.74, 6) is 4.23. The molecule has 0 heterocycles. The molecule has 0 aliphatic rings. The predicted molar refractivity (Wildman–Crippen MR) is 173 cm³/mol. The maximum atomic E-state index is 5.79. The number of hydrogen-bond donors (Lipinski definition) is 0. The molecule has 0 aromatic heterocycles. The largest absolute Gasteiger partial charge is 2.00 e. The van der Waals surface area contributed by atoms with E-state index in [1.54, 1.807) is 7.11 Å². The Morgan fingerprint density at radius 2 is 0.711 bits per heavy atom. The van der Waals surface area contributed by atoms with Crippen LogP contribution in [-0.2, 0) is 31.4 Å². The minimum Gasteiger partial charge on any atom is -0.522 e. The molecule has 1 radical (unpaired) electrons. The summed E-state index contributed by atoms with van der Waals surface area (Å²) < 4.78 is 16.2. The summed E-state index contributed by atoms with van der Waals surface area (Å²) in [5, 5.41) is 0. The second-order valence-electron chi connectivity index (χ2n) is 9.48. The topological polar surface area (TPSA) is 27.7 Å². The SMILES string of the molecule is COc1cc[c-]cc1.Cc1ccc(CCc2ccc(Oc3cc[c-]cc3)cc2)cc1.[U+2].[V+2].[c-]1ccc(Oc2cc[c-]cc2)cc1. The fourth-order valence-electron chi connectivity index (χ4n) is 3.87. The van der Waals surface area contributed by atoms with E-state index in [0.29, 0.717) is 0 Å². The van der Waals surface area contributed by atoms with Crippen molar-refractivity contribution in [3.8, 4) is 28.7 Å². The second-order valence-corrected chi connectivity index (χ2v) is 9.48. The minimum atomic E-state index is 0. The van der Waals surface area contributed by atoms with E-state index in [9.17, 15) is 0 Å². The summed E-state index contributed by atoms with van der Waals surface area (Å²) in [6.45, 7) is 2.12. The van der Waals surface area contributed by atoms with Gasteiger partial charge in [-0.2, -0.15) is 72.8 Å². The molecule has 6 aromatic rings. The van der Waals surface area contributed by atoms with Crippen molar-refractivity contribution in [2.45, 2.75) is 19.8 Å². The van der Waals surface area contributed by atoms with Crippen molar-refractivity contribution in [3.63, 3.8) is 0 Å². The Kier molecular flexibility index (Phi) is 18.3. The predicted octanol–water partition coefficient (Wildman–Crippen LogP) is 9.94. The number of benzene rings is 6. The van der Waals surface area contributed by atoms with Crippen molar-refractivity contribution in [2.75, 3.05) is 7.11 Å². The van der Waals surface area contributed by atoms with E-state index >= 15 is 0 Å². The Bertz CT molecular complexity index is 1530. The molecule has 0 bridgehead atoms. The molecule has 0 aliphatic carbocycles. The molecule has 0 unspecified atom stereocenters. The monoisotopic (exact) mass is 851 g/mol. The van der Waals surface area contributed by atoms with Crippen LogP contribution in [0.4, 0.5) is 0 Å². The average Bonchev–Trinajstić information content (AvgIpc) is 3.08. The van der Waals surface area contributed by atoms with Crippen molar-refractivity contribution in [1.82, 2.24) is 0 Å². The van der Waals surface area contributed by atoms with Crippen LogP contribution >= 0.6 is 0 Å². The smallest absolute Gasteiger partial charge is 0.522 e. The zero-order chi connectivity index (χ0) is 30.0. The summed E-state index contributed by atoms with van der Waals surface area (Å²) in [7, 11) is 1.65. The standard InChI is InChI=1S/C21H19O.C12H8O.C7H7O.U.V/c1-17-7-9-18(10-8-17)11-12-19-13-15-21(16-14-19)22-20-5-3-2-4-6-20;1-3-7-11(8-4-1)13-12-9-5-2-6-10-12;1-8-7-5-3-2-4-6-7;;/h3-10,13-16H,11-12H2,1H3;3-10H;3-6H,1H3;;/q-1;-2;-1;2*+2. The van der Waals surface area contributed by atoms with Crippen LogP contribution in [0, 0.1) is 62.3 Å². The zero-order valence-corrected chi connectivity index (χ0v) is 31.0. The van der Waals surface area contributed by atoms with Crippen LogP contribution in [0.15, 0.2) is 146 Å². The number of methoxy groups -OCH3 is 1. The van der Waals surface area contributed by atoms with Crippen molar-refractivity contribution < 1.29 is 63.9 Å². The maximum absolute atomic E-state index is 5.79. The Morgan fingerprint density at radius 3 is 1.02 bits per heavy atom. The van der Waals surface area contributed by atoms with Gasteiger partial charge < -0.3 is 14.2 Å². The number of aryl methyl sites for hydroxylation is 3. The van der Waals surface area contributed by atoms with Crippen LogP contribution in [0.1, 0.15) is 16.7 Å². The van der Waals surface area contributed by atoms with Gasteiger partial charge in [0, 0.05) is 23.0 Å². The van der Waals surface area contributed by atoms with E-state index in [1.807, 2.05) is 109 Å². The van der Waals surface area contributed by atoms with Crippen molar-refractivity contribution in [3.05, 3.63) is 187 Å². The molecule has 221 valence electrons. The summed E-state index contributed by atoms with van der Waals surface area (Å²) in [6, 6.07) is 58.5. The van der Waals surface area contributed by atoms with Crippen LogP contribution in [0.3, 0.4) is 0 Å². The Labute approximate surface area is 303 Å². The summed E-state index contributed by atoms with van der Waals surface area (Å²) >= 11 is 0. The molecule has 0 saturated carbocycles. The van der Waals surface area contributed by atoms with Crippen LogP contribution in [0.2, 0.25) is 0 Å². The minimum absolute atomic E-state index is 0. The van der Waals surface area contributed by atoms with Gasteiger partial charge in [0.1, 0.15) is 5.75 Å². The first-order valence-corrected chi connectivity index (χ1v) is 14.1. The molecule has 0 amide bonds. The van der Waals surface area contributed by atoms with Gasteiger partial charge in [0.05, 0.1) is 7.11 Å². The molecule has 6 aromatic carbocycles. The van der Waals surface area contributed by atoms with Crippen molar-refractivity contribution in [2.24, 2.45) is 0 Å². The number of ether oxygens (including phenoxy) is 3. The molecule has 0 fully saturated rings. The molecule has 3 nitrogen and oxygen atoms in total. The molecular weight excluding hydrogens is 817 g/mol. The fraction of sp³-hybridized carbons (Fsp3) is 0.100. The van der Waals surface area contributed by atoms with Crippen LogP contribution < -0.4 is 14.2 Å². The molecule has 0 aliphatic heterocycles. The quantitative estimate of drug-likeness (QED) is 0.143. The van der Waals surface area contributed by atoms with Gasteiger partial charge in [-0.05, 0) is 43.0 Å². The third kappa shape index (κ3) is 14.8. The number of hydrogen-bond acceptors (Lipinski definition) is 3. The van der Waals surface area contributed by atoms with E-state index in [4.69, 9.17) is 14.2 Å². The van der Waals surface area contributed by atoms with Crippen LogP contribution in [0.25, 0.3) is 0 Å².